The maximum atomic E-state index is 12.0. The quantitative estimate of drug-likeness (QED) is 0.486. The lowest BCUT2D eigenvalue weighted by Crippen LogP contribution is -2.17. The molecule has 0 spiro atoms. The number of carbonyl (C=O) groups is 1. The molecule has 0 radical (unpaired) electrons. The van der Waals surface area contributed by atoms with Crippen LogP contribution in [0.15, 0.2) is 40.3 Å². The Morgan fingerprint density at radius 1 is 1.32 bits per heavy atom. The fourth-order valence-corrected chi connectivity index (χ4v) is 2.72. The van der Waals surface area contributed by atoms with Gasteiger partial charge in [-0.2, -0.15) is 4.98 Å². The zero-order chi connectivity index (χ0) is 16.1. The monoisotopic (exact) mass is 318 g/mol. The van der Waals surface area contributed by atoms with E-state index in [0.717, 1.165) is 11.8 Å². The molecule has 0 aliphatic rings. The van der Waals surface area contributed by atoms with Crippen molar-refractivity contribution in [2.75, 3.05) is 5.75 Å². The van der Waals surface area contributed by atoms with E-state index in [-0.39, 0.29) is 39.6 Å². The number of ketones is 1. The zero-order valence-corrected chi connectivity index (χ0v) is 13.3. The fraction of sp³-hybridized carbons (Fsp3) is 0.312. The van der Waals surface area contributed by atoms with Gasteiger partial charge in [-0.05, 0) is 12.3 Å². The van der Waals surface area contributed by atoms with E-state index >= 15 is 0 Å². The van der Waals surface area contributed by atoms with Gasteiger partial charge in [0.1, 0.15) is 0 Å². The minimum Gasteiger partial charge on any atom is -0.493 e. The summed E-state index contributed by atoms with van der Waals surface area (Å²) >= 11 is 1.10. The SMILES string of the molecule is CC(C)Cc1c(O)nc(SCC(=O)c2ccccc2)[nH]c1=O. The molecule has 2 rings (SSSR count). The Morgan fingerprint density at radius 3 is 2.59 bits per heavy atom. The smallest absolute Gasteiger partial charge is 0.258 e. The summed E-state index contributed by atoms with van der Waals surface area (Å²) in [6, 6.07) is 8.91. The summed E-state index contributed by atoms with van der Waals surface area (Å²) in [6.45, 7) is 3.92. The third kappa shape index (κ3) is 4.21. The van der Waals surface area contributed by atoms with Gasteiger partial charge in [0, 0.05) is 5.56 Å². The van der Waals surface area contributed by atoms with Gasteiger partial charge in [-0.3, -0.25) is 9.59 Å². The first kappa shape index (κ1) is 16.3. The van der Waals surface area contributed by atoms with Crippen molar-refractivity contribution in [3.8, 4) is 5.88 Å². The Balaban J connectivity index is 2.08. The number of aromatic hydroxyl groups is 1. The predicted molar refractivity (Wildman–Crippen MR) is 86.6 cm³/mol. The van der Waals surface area contributed by atoms with Gasteiger partial charge in [-0.1, -0.05) is 55.9 Å². The second-order valence-corrected chi connectivity index (χ2v) is 6.31. The standard InChI is InChI=1S/C16H18N2O3S/c1-10(2)8-12-14(20)17-16(18-15(12)21)22-9-13(19)11-6-4-3-5-7-11/h3-7,10H,8-9H2,1-2H3,(H2,17,18,20,21). The summed E-state index contributed by atoms with van der Waals surface area (Å²) in [4.78, 5) is 30.5. The van der Waals surface area contributed by atoms with Gasteiger partial charge in [0.25, 0.3) is 5.56 Å². The molecule has 0 saturated heterocycles. The minimum atomic E-state index is -0.351. The number of H-pyrrole nitrogens is 1. The molecule has 0 aliphatic carbocycles. The van der Waals surface area contributed by atoms with Crippen LogP contribution in [0.4, 0.5) is 0 Å². The average molecular weight is 318 g/mol. The summed E-state index contributed by atoms with van der Waals surface area (Å²) in [5, 5.41) is 10.1. The number of aromatic amines is 1. The molecule has 0 aliphatic heterocycles. The third-order valence-electron chi connectivity index (χ3n) is 3.02. The summed E-state index contributed by atoms with van der Waals surface area (Å²) in [5.74, 6) is 0.0775. The topological polar surface area (TPSA) is 83.1 Å². The van der Waals surface area contributed by atoms with Gasteiger partial charge < -0.3 is 10.1 Å². The molecular formula is C16H18N2O3S. The number of rotatable bonds is 6. The number of Topliss-reactive ketones (excluding diaryl/α,β-unsaturated/α-hetero) is 1. The van der Waals surface area contributed by atoms with E-state index < -0.39 is 0 Å². The second kappa shape index (κ2) is 7.26. The third-order valence-corrected chi connectivity index (χ3v) is 3.89. The Labute approximate surface area is 132 Å². The molecule has 0 unspecified atom stereocenters. The van der Waals surface area contributed by atoms with Gasteiger partial charge in [-0.15, -0.1) is 0 Å². The molecule has 1 heterocycles. The van der Waals surface area contributed by atoms with E-state index in [9.17, 15) is 14.7 Å². The molecule has 0 amide bonds. The molecule has 0 atom stereocenters. The number of hydrogen-bond acceptors (Lipinski definition) is 5. The number of nitrogens with zero attached hydrogens (tertiary/aromatic N) is 1. The Kier molecular flexibility index (Phi) is 5.38. The van der Waals surface area contributed by atoms with Crippen LogP contribution in [-0.4, -0.2) is 26.6 Å². The van der Waals surface area contributed by atoms with E-state index in [4.69, 9.17) is 0 Å². The van der Waals surface area contributed by atoms with Crippen LogP contribution in [0.3, 0.4) is 0 Å². The first-order chi connectivity index (χ1) is 10.5. The van der Waals surface area contributed by atoms with Gasteiger partial charge in [0.15, 0.2) is 10.9 Å². The van der Waals surface area contributed by atoms with Gasteiger partial charge in [0.2, 0.25) is 5.88 Å². The lowest BCUT2D eigenvalue weighted by molar-refractivity contribution is 0.102. The van der Waals surface area contributed by atoms with Gasteiger partial charge in [0.05, 0.1) is 11.3 Å². The normalized spacial score (nSPS) is 10.9. The van der Waals surface area contributed by atoms with E-state index in [0.29, 0.717) is 12.0 Å². The lowest BCUT2D eigenvalue weighted by atomic mass is 10.1. The summed E-state index contributed by atoms with van der Waals surface area (Å²) < 4.78 is 0. The van der Waals surface area contributed by atoms with Gasteiger partial charge in [-0.25, -0.2) is 0 Å². The first-order valence-electron chi connectivity index (χ1n) is 7.00. The average Bonchev–Trinajstić information content (AvgIpc) is 2.49. The molecule has 2 N–H and O–H groups in total. The summed E-state index contributed by atoms with van der Waals surface area (Å²) in [5.41, 5.74) is 0.544. The van der Waals surface area contributed by atoms with Gasteiger partial charge >= 0.3 is 0 Å². The highest BCUT2D eigenvalue weighted by Gasteiger charge is 2.14. The Hall–Kier alpha value is -2.08. The zero-order valence-electron chi connectivity index (χ0n) is 12.5. The lowest BCUT2D eigenvalue weighted by Gasteiger charge is -2.07. The van der Waals surface area contributed by atoms with Crippen LogP contribution < -0.4 is 5.56 Å². The van der Waals surface area contributed by atoms with Crippen LogP contribution in [0.5, 0.6) is 5.88 Å². The maximum Gasteiger partial charge on any atom is 0.258 e. The van der Waals surface area contributed by atoms with Crippen molar-refractivity contribution < 1.29 is 9.90 Å². The van der Waals surface area contributed by atoms with E-state index in [2.05, 4.69) is 9.97 Å². The molecule has 0 saturated carbocycles. The van der Waals surface area contributed by atoms with Crippen molar-refractivity contribution in [2.24, 2.45) is 5.92 Å². The molecule has 2 aromatic rings. The summed E-state index contributed by atoms with van der Waals surface area (Å²) in [7, 11) is 0. The van der Waals surface area contributed by atoms with Crippen molar-refractivity contribution in [1.29, 1.82) is 0 Å². The highest BCUT2D eigenvalue weighted by atomic mass is 32.2. The maximum absolute atomic E-state index is 12.0. The summed E-state index contributed by atoms with van der Waals surface area (Å²) in [6.07, 6.45) is 0.460. The van der Waals surface area contributed by atoms with Crippen LogP contribution in [0.1, 0.15) is 29.8 Å². The molecule has 1 aromatic heterocycles. The van der Waals surface area contributed by atoms with E-state index in [1.165, 1.54) is 0 Å². The molecule has 1 aromatic carbocycles. The molecule has 22 heavy (non-hydrogen) atoms. The molecule has 6 heteroatoms. The minimum absolute atomic E-state index is 0.0565. The second-order valence-electron chi connectivity index (χ2n) is 5.35. The number of thioether (sulfide) groups is 1. The van der Waals surface area contributed by atoms with Crippen molar-refractivity contribution in [3.63, 3.8) is 0 Å². The van der Waals surface area contributed by atoms with Crippen LogP contribution in [-0.2, 0) is 6.42 Å². The molecule has 5 nitrogen and oxygen atoms in total. The van der Waals surface area contributed by atoms with Crippen molar-refractivity contribution in [1.82, 2.24) is 9.97 Å². The number of aromatic nitrogens is 2. The first-order valence-corrected chi connectivity index (χ1v) is 7.99. The van der Waals surface area contributed by atoms with Crippen LogP contribution in [0, 0.1) is 5.92 Å². The Morgan fingerprint density at radius 2 is 2.00 bits per heavy atom. The molecule has 0 bridgehead atoms. The molecular weight excluding hydrogens is 300 g/mol. The molecule has 116 valence electrons. The van der Waals surface area contributed by atoms with Crippen LogP contribution >= 0.6 is 11.8 Å². The highest BCUT2D eigenvalue weighted by molar-refractivity contribution is 7.99. The fourth-order valence-electron chi connectivity index (χ4n) is 1.97. The van der Waals surface area contributed by atoms with Crippen LogP contribution in [0.25, 0.3) is 0 Å². The van der Waals surface area contributed by atoms with Crippen molar-refractivity contribution in [2.45, 2.75) is 25.4 Å². The molecule has 0 fully saturated rings. The van der Waals surface area contributed by atoms with Crippen LogP contribution in [0.2, 0.25) is 0 Å². The van der Waals surface area contributed by atoms with Crippen molar-refractivity contribution >= 4 is 17.5 Å². The Bertz CT molecular complexity index is 711. The number of carbonyl (C=O) groups excluding carboxylic acids is 1. The number of nitrogens with one attached hydrogen (secondary N) is 1. The number of hydrogen-bond donors (Lipinski definition) is 2. The largest absolute Gasteiger partial charge is 0.493 e. The van der Waals surface area contributed by atoms with E-state index in [1.54, 1.807) is 24.3 Å². The number of benzene rings is 1. The highest BCUT2D eigenvalue weighted by Crippen LogP contribution is 2.19. The van der Waals surface area contributed by atoms with Crippen molar-refractivity contribution in [3.05, 3.63) is 51.8 Å². The van der Waals surface area contributed by atoms with E-state index in [1.807, 2.05) is 19.9 Å². The predicted octanol–water partition coefficient (Wildman–Crippen LogP) is 2.65.